The minimum absolute atomic E-state index is 0.0370. The van der Waals surface area contributed by atoms with Crippen molar-refractivity contribution < 1.29 is 14.3 Å². The molecule has 1 fully saturated rings. The third-order valence-electron chi connectivity index (χ3n) is 5.72. The van der Waals surface area contributed by atoms with Gasteiger partial charge in [-0.25, -0.2) is 0 Å². The molecule has 2 aromatic rings. The quantitative estimate of drug-likeness (QED) is 0.706. The van der Waals surface area contributed by atoms with Crippen LogP contribution in [0.4, 0.5) is 5.69 Å². The van der Waals surface area contributed by atoms with Crippen LogP contribution in [0, 0.1) is 0 Å². The van der Waals surface area contributed by atoms with Gasteiger partial charge in [-0.3, -0.25) is 9.69 Å². The maximum atomic E-state index is 12.7. The Morgan fingerprint density at radius 3 is 2.48 bits per heavy atom. The number of ether oxygens (including phenoxy) is 2. The van der Waals surface area contributed by atoms with Gasteiger partial charge in [-0.15, -0.1) is 0 Å². The minimum Gasteiger partial charge on any atom is -0.493 e. The molecule has 29 heavy (non-hydrogen) atoms. The summed E-state index contributed by atoms with van der Waals surface area (Å²) < 4.78 is 10.6. The van der Waals surface area contributed by atoms with E-state index in [2.05, 4.69) is 23.3 Å². The zero-order chi connectivity index (χ0) is 20.6. The zero-order valence-electron chi connectivity index (χ0n) is 17.7. The van der Waals surface area contributed by atoms with Gasteiger partial charge in [-0.1, -0.05) is 43.5 Å². The monoisotopic (exact) mass is 396 g/mol. The predicted molar refractivity (Wildman–Crippen MR) is 117 cm³/mol. The molecule has 5 heteroatoms. The number of methoxy groups -OCH3 is 2. The number of carbonyl (C=O) groups is 1. The highest BCUT2D eigenvalue weighted by molar-refractivity contribution is 5.93. The highest BCUT2D eigenvalue weighted by atomic mass is 16.5. The largest absolute Gasteiger partial charge is 0.493 e. The van der Waals surface area contributed by atoms with Crippen LogP contribution in [0.5, 0.6) is 11.5 Å². The molecule has 0 aromatic heterocycles. The first kappa shape index (κ1) is 21.2. The Morgan fingerprint density at radius 2 is 1.76 bits per heavy atom. The summed E-state index contributed by atoms with van der Waals surface area (Å²) >= 11 is 0. The number of hydrogen-bond donors (Lipinski definition) is 1. The predicted octanol–water partition coefficient (Wildman–Crippen LogP) is 4.65. The van der Waals surface area contributed by atoms with E-state index in [0.29, 0.717) is 17.5 Å². The molecular formula is C24H32N2O3. The lowest BCUT2D eigenvalue weighted by molar-refractivity contribution is -0.115. The number of para-hydroxylation sites is 1. The Labute approximate surface area is 174 Å². The van der Waals surface area contributed by atoms with E-state index in [0.717, 1.165) is 23.4 Å². The van der Waals surface area contributed by atoms with Gasteiger partial charge in [0.05, 0.1) is 20.6 Å². The molecule has 0 aliphatic heterocycles. The summed E-state index contributed by atoms with van der Waals surface area (Å²) in [5.74, 6) is 1.25. The van der Waals surface area contributed by atoms with Gasteiger partial charge in [-0.2, -0.15) is 0 Å². The standard InChI is InChI=1S/C24H32N2O3/c1-26(20-10-5-4-6-11-20)17-19-9-7-8-12-21(19)25-24(27)16-18-13-14-22(28-2)23(15-18)29-3/h7-9,12-15,20H,4-6,10-11,16-17H2,1-3H3,(H,25,27). The van der Waals surface area contributed by atoms with Gasteiger partial charge in [0.15, 0.2) is 11.5 Å². The lowest BCUT2D eigenvalue weighted by atomic mass is 9.94. The van der Waals surface area contributed by atoms with Crippen molar-refractivity contribution in [3.63, 3.8) is 0 Å². The SMILES string of the molecule is COc1ccc(CC(=O)Nc2ccccc2CN(C)C2CCCCC2)cc1OC. The van der Waals surface area contributed by atoms with Gasteiger partial charge in [0, 0.05) is 18.3 Å². The van der Waals surface area contributed by atoms with Crippen LogP contribution in [0.25, 0.3) is 0 Å². The van der Waals surface area contributed by atoms with Crippen molar-refractivity contribution in [2.24, 2.45) is 0 Å². The second-order valence-corrected chi connectivity index (χ2v) is 7.78. The molecule has 1 aliphatic carbocycles. The zero-order valence-corrected chi connectivity index (χ0v) is 17.7. The second-order valence-electron chi connectivity index (χ2n) is 7.78. The first-order valence-electron chi connectivity index (χ1n) is 10.4. The molecule has 5 nitrogen and oxygen atoms in total. The summed E-state index contributed by atoms with van der Waals surface area (Å²) in [5.41, 5.74) is 2.93. The minimum atomic E-state index is -0.0370. The number of carbonyl (C=O) groups excluding carboxylic acids is 1. The number of anilines is 1. The van der Waals surface area contributed by atoms with Gasteiger partial charge in [0.1, 0.15) is 0 Å². The number of rotatable bonds is 8. The van der Waals surface area contributed by atoms with E-state index in [1.807, 2.05) is 36.4 Å². The Hall–Kier alpha value is -2.53. The molecule has 3 rings (SSSR count). The van der Waals surface area contributed by atoms with Crippen LogP contribution in [0.3, 0.4) is 0 Å². The molecule has 0 unspecified atom stereocenters. The van der Waals surface area contributed by atoms with Crippen molar-refractivity contribution in [1.29, 1.82) is 0 Å². The van der Waals surface area contributed by atoms with Gasteiger partial charge < -0.3 is 14.8 Å². The normalized spacial score (nSPS) is 14.6. The second kappa shape index (κ2) is 10.3. The molecule has 1 aliphatic rings. The van der Waals surface area contributed by atoms with Crippen LogP contribution in [-0.4, -0.2) is 38.1 Å². The number of nitrogens with zero attached hydrogens (tertiary/aromatic N) is 1. The third-order valence-corrected chi connectivity index (χ3v) is 5.72. The summed E-state index contributed by atoms with van der Waals surface area (Å²) in [7, 11) is 5.39. The van der Waals surface area contributed by atoms with E-state index in [-0.39, 0.29) is 12.3 Å². The molecule has 0 bridgehead atoms. The molecule has 0 heterocycles. The molecule has 0 saturated heterocycles. The van der Waals surface area contributed by atoms with Crippen LogP contribution in [-0.2, 0) is 17.8 Å². The van der Waals surface area contributed by atoms with Gasteiger partial charge in [-0.05, 0) is 49.2 Å². The van der Waals surface area contributed by atoms with Crippen LogP contribution >= 0.6 is 0 Å². The fourth-order valence-electron chi connectivity index (χ4n) is 4.07. The highest BCUT2D eigenvalue weighted by Gasteiger charge is 2.19. The molecule has 1 N–H and O–H groups in total. The molecule has 2 aromatic carbocycles. The van der Waals surface area contributed by atoms with E-state index in [1.165, 1.54) is 32.1 Å². The Bertz CT molecular complexity index is 816. The van der Waals surface area contributed by atoms with Crippen LogP contribution in [0.1, 0.15) is 43.2 Å². The Kier molecular flexibility index (Phi) is 7.53. The van der Waals surface area contributed by atoms with Crippen molar-refractivity contribution in [2.75, 3.05) is 26.6 Å². The van der Waals surface area contributed by atoms with Crippen LogP contribution in [0.2, 0.25) is 0 Å². The summed E-state index contributed by atoms with van der Waals surface area (Å²) in [5, 5.41) is 3.10. The van der Waals surface area contributed by atoms with E-state index in [1.54, 1.807) is 14.2 Å². The lowest BCUT2D eigenvalue weighted by Gasteiger charge is -2.31. The first-order valence-corrected chi connectivity index (χ1v) is 10.4. The molecule has 1 amide bonds. The molecular weight excluding hydrogens is 364 g/mol. The summed E-state index contributed by atoms with van der Waals surface area (Å²) in [6.45, 7) is 0.845. The van der Waals surface area contributed by atoms with Crippen molar-refractivity contribution in [3.8, 4) is 11.5 Å². The van der Waals surface area contributed by atoms with Gasteiger partial charge in [0.2, 0.25) is 5.91 Å². The van der Waals surface area contributed by atoms with Crippen LogP contribution in [0.15, 0.2) is 42.5 Å². The molecule has 0 atom stereocenters. The van der Waals surface area contributed by atoms with Crippen molar-refractivity contribution >= 4 is 11.6 Å². The summed E-state index contributed by atoms with van der Waals surface area (Å²) in [6.07, 6.45) is 6.81. The van der Waals surface area contributed by atoms with E-state index >= 15 is 0 Å². The fraction of sp³-hybridized carbons (Fsp3) is 0.458. The van der Waals surface area contributed by atoms with Crippen molar-refractivity contribution in [3.05, 3.63) is 53.6 Å². The average molecular weight is 397 g/mol. The topological polar surface area (TPSA) is 50.8 Å². The molecule has 156 valence electrons. The maximum absolute atomic E-state index is 12.7. The van der Waals surface area contributed by atoms with E-state index < -0.39 is 0 Å². The molecule has 0 spiro atoms. The third kappa shape index (κ3) is 5.73. The smallest absolute Gasteiger partial charge is 0.228 e. The Balaban J connectivity index is 1.64. The van der Waals surface area contributed by atoms with Gasteiger partial charge in [0.25, 0.3) is 0 Å². The van der Waals surface area contributed by atoms with Crippen molar-refractivity contribution in [1.82, 2.24) is 4.90 Å². The highest BCUT2D eigenvalue weighted by Crippen LogP contribution is 2.28. The van der Waals surface area contributed by atoms with Gasteiger partial charge >= 0.3 is 0 Å². The average Bonchev–Trinajstić information content (AvgIpc) is 2.75. The summed E-state index contributed by atoms with van der Waals surface area (Å²) in [4.78, 5) is 15.1. The summed E-state index contributed by atoms with van der Waals surface area (Å²) in [6, 6.07) is 14.3. The first-order chi connectivity index (χ1) is 14.1. The number of benzene rings is 2. The van der Waals surface area contributed by atoms with Crippen molar-refractivity contribution in [2.45, 2.75) is 51.1 Å². The Morgan fingerprint density at radius 1 is 1.03 bits per heavy atom. The van der Waals surface area contributed by atoms with E-state index in [9.17, 15) is 4.79 Å². The number of hydrogen-bond acceptors (Lipinski definition) is 4. The fourth-order valence-corrected chi connectivity index (χ4v) is 4.07. The maximum Gasteiger partial charge on any atom is 0.228 e. The van der Waals surface area contributed by atoms with E-state index in [4.69, 9.17) is 9.47 Å². The number of nitrogens with one attached hydrogen (secondary N) is 1. The lowest BCUT2D eigenvalue weighted by Crippen LogP contribution is -2.33. The molecule has 1 saturated carbocycles. The molecule has 0 radical (unpaired) electrons. The van der Waals surface area contributed by atoms with Crippen LogP contribution < -0.4 is 14.8 Å². The number of amides is 1.